The Morgan fingerprint density at radius 2 is 2.05 bits per heavy atom. The molecular weight excluding hydrogens is 352 g/mol. The highest BCUT2D eigenvalue weighted by Crippen LogP contribution is 2.31. The van der Waals surface area contributed by atoms with Gasteiger partial charge >= 0.3 is 0 Å². The number of carbonyl (C=O) groups is 1. The van der Waals surface area contributed by atoms with Crippen LogP contribution in [0.25, 0.3) is 0 Å². The Kier molecular flexibility index (Phi) is 3.91. The zero-order chi connectivity index (χ0) is 15.0. The second-order valence-corrected chi connectivity index (χ2v) is 6.34. The number of fused-ring (bicyclic) bond motifs is 1. The summed E-state index contributed by atoms with van der Waals surface area (Å²) >= 11 is 9.42. The summed E-state index contributed by atoms with van der Waals surface area (Å²) in [5, 5.41) is 0.537. The summed E-state index contributed by atoms with van der Waals surface area (Å²) in [6.07, 6.45) is 1.89. The Bertz CT molecular complexity index is 717. The molecule has 0 saturated heterocycles. The first-order chi connectivity index (χ1) is 10.1. The van der Waals surface area contributed by atoms with Gasteiger partial charge in [-0.05, 0) is 70.7 Å². The number of anilines is 2. The van der Waals surface area contributed by atoms with E-state index in [1.54, 1.807) is 23.1 Å². The number of nitrogens with two attached hydrogens (primary N) is 1. The third-order valence-electron chi connectivity index (χ3n) is 3.63. The van der Waals surface area contributed by atoms with Crippen molar-refractivity contribution in [2.75, 3.05) is 17.2 Å². The van der Waals surface area contributed by atoms with E-state index in [4.69, 9.17) is 17.3 Å². The Morgan fingerprint density at radius 3 is 2.81 bits per heavy atom. The first-order valence-corrected chi connectivity index (χ1v) is 7.88. The van der Waals surface area contributed by atoms with Crippen molar-refractivity contribution in [2.24, 2.45) is 0 Å². The number of hydrogen-bond donors (Lipinski definition) is 1. The van der Waals surface area contributed by atoms with E-state index in [1.807, 2.05) is 18.2 Å². The normalized spacial score (nSPS) is 13.9. The number of nitrogen functional groups attached to an aromatic ring is 1. The van der Waals surface area contributed by atoms with Crippen molar-refractivity contribution in [3.8, 4) is 0 Å². The molecule has 0 saturated carbocycles. The number of amides is 1. The van der Waals surface area contributed by atoms with Crippen LogP contribution in [0.5, 0.6) is 0 Å². The highest BCUT2D eigenvalue weighted by Gasteiger charge is 2.24. The van der Waals surface area contributed by atoms with Crippen molar-refractivity contribution in [3.63, 3.8) is 0 Å². The summed E-state index contributed by atoms with van der Waals surface area (Å²) < 4.78 is 0.785. The monoisotopic (exact) mass is 364 g/mol. The Balaban J connectivity index is 1.98. The van der Waals surface area contributed by atoms with Crippen molar-refractivity contribution in [1.29, 1.82) is 0 Å². The topological polar surface area (TPSA) is 46.3 Å². The molecule has 2 aromatic rings. The molecule has 2 N–H and O–H groups in total. The summed E-state index contributed by atoms with van der Waals surface area (Å²) in [7, 11) is 0. The lowest BCUT2D eigenvalue weighted by Crippen LogP contribution is -2.35. The molecule has 0 aliphatic carbocycles. The average Bonchev–Trinajstić information content (AvgIpc) is 2.48. The molecule has 3 nitrogen and oxygen atoms in total. The highest BCUT2D eigenvalue weighted by molar-refractivity contribution is 9.10. The molecule has 0 fully saturated rings. The van der Waals surface area contributed by atoms with Gasteiger partial charge in [-0.25, -0.2) is 0 Å². The first-order valence-electron chi connectivity index (χ1n) is 6.71. The third kappa shape index (κ3) is 2.78. The molecule has 5 heteroatoms. The van der Waals surface area contributed by atoms with Crippen molar-refractivity contribution < 1.29 is 4.79 Å². The number of aryl methyl sites for hydroxylation is 1. The standard InChI is InChI=1S/C16H14BrClN2O/c17-13-5-3-11(9-14(13)18)16(21)20-7-1-2-10-8-12(19)4-6-15(10)20/h3-6,8-9H,1-2,7,19H2. The van der Waals surface area contributed by atoms with Gasteiger partial charge in [-0.15, -0.1) is 0 Å². The first kappa shape index (κ1) is 14.4. The maximum Gasteiger partial charge on any atom is 0.258 e. The molecule has 21 heavy (non-hydrogen) atoms. The van der Waals surface area contributed by atoms with Crippen molar-refractivity contribution in [3.05, 3.63) is 57.0 Å². The lowest BCUT2D eigenvalue weighted by atomic mass is 10.00. The van der Waals surface area contributed by atoms with E-state index in [0.29, 0.717) is 17.1 Å². The van der Waals surface area contributed by atoms with Crippen molar-refractivity contribution in [2.45, 2.75) is 12.8 Å². The zero-order valence-electron chi connectivity index (χ0n) is 11.3. The van der Waals surface area contributed by atoms with Crippen LogP contribution in [0.3, 0.4) is 0 Å². The lowest BCUT2D eigenvalue weighted by Gasteiger charge is -2.30. The van der Waals surface area contributed by atoms with Gasteiger partial charge in [0.05, 0.1) is 5.02 Å². The Hall–Kier alpha value is -1.52. The number of carbonyl (C=O) groups excluding carboxylic acids is 1. The van der Waals surface area contributed by atoms with Crippen LogP contribution >= 0.6 is 27.5 Å². The summed E-state index contributed by atoms with van der Waals surface area (Å²) in [5.41, 5.74) is 9.21. The van der Waals surface area contributed by atoms with E-state index in [9.17, 15) is 4.79 Å². The van der Waals surface area contributed by atoms with Crippen molar-refractivity contribution in [1.82, 2.24) is 0 Å². The molecule has 0 unspecified atom stereocenters. The van der Waals surface area contributed by atoms with Gasteiger partial charge in [0.2, 0.25) is 0 Å². The lowest BCUT2D eigenvalue weighted by molar-refractivity contribution is 0.0985. The third-order valence-corrected chi connectivity index (χ3v) is 4.87. The molecule has 1 aliphatic heterocycles. The van der Waals surface area contributed by atoms with E-state index >= 15 is 0 Å². The summed E-state index contributed by atoms with van der Waals surface area (Å²) in [6.45, 7) is 0.712. The average molecular weight is 366 g/mol. The molecule has 1 amide bonds. The summed E-state index contributed by atoms with van der Waals surface area (Å²) in [4.78, 5) is 14.5. The van der Waals surface area contributed by atoms with E-state index in [2.05, 4.69) is 15.9 Å². The Labute approximate surface area is 136 Å². The number of rotatable bonds is 1. The molecule has 0 radical (unpaired) electrons. The van der Waals surface area contributed by atoms with Crippen LogP contribution in [-0.4, -0.2) is 12.5 Å². The highest BCUT2D eigenvalue weighted by atomic mass is 79.9. The van der Waals surface area contributed by atoms with Gasteiger partial charge < -0.3 is 10.6 Å². The second kappa shape index (κ2) is 5.70. The van der Waals surface area contributed by atoms with Crippen LogP contribution in [0.4, 0.5) is 11.4 Å². The van der Waals surface area contributed by atoms with Crippen LogP contribution in [0, 0.1) is 0 Å². The number of nitrogens with zero attached hydrogens (tertiary/aromatic N) is 1. The smallest absolute Gasteiger partial charge is 0.258 e. The van der Waals surface area contributed by atoms with Crippen LogP contribution < -0.4 is 10.6 Å². The molecule has 1 aliphatic rings. The molecule has 0 aromatic heterocycles. The molecule has 3 rings (SSSR count). The summed E-state index contributed by atoms with van der Waals surface area (Å²) in [5.74, 6) is -0.0323. The van der Waals surface area contributed by atoms with Crippen molar-refractivity contribution >= 4 is 44.8 Å². The minimum atomic E-state index is -0.0323. The van der Waals surface area contributed by atoms with Gasteiger partial charge in [0.25, 0.3) is 5.91 Å². The van der Waals surface area contributed by atoms with Crippen LogP contribution in [-0.2, 0) is 6.42 Å². The van der Waals surface area contributed by atoms with Gasteiger partial charge in [0.15, 0.2) is 0 Å². The fourth-order valence-electron chi connectivity index (χ4n) is 2.61. The number of halogens is 2. The van der Waals surface area contributed by atoms with Gasteiger partial charge in [-0.2, -0.15) is 0 Å². The van der Waals surface area contributed by atoms with Gasteiger partial charge in [-0.1, -0.05) is 11.6 Å². The van der Waals surface area contributed by atoms with Crippen LogP contribution in [0.15, 0.2) is 40.9 Å². The predicted molar refractivity (Wildman–Crippen MR) is 90.0 cm³/mol. The summed E-state index contributed by atoms with van der Waals surface area (Å²) in [6, 6.07) is 11.0. The fourth-order valence-corrected chi connectivity index (χ4v) is 3.04. The minimum Gasteiger partial charge on any atom is -0.399 e. The van der Waals surface area contributed by atoms with Crippen LogP contribution in [0.2, 0.25) is 5.02 Å². The van der Waals surface area contributed by atoms with Gasteiger partial charge in [0, 0.05) is 28.0 Å². The van der Waals surface area contributed by atoms with E-state index in [-0.39, 0.29) is 5.91 Å². The van der Waals surface area contributed by atoms with E-state index in [1.165, 1.54) is 0 Å². The van der Waals surface area contributed by atoms with Gasteiger partial charge in [0.1, 0.15) is 0 Å². The molecular formula is C16H14BrClN2O. The number of benzene rings is 2. The molecule has 0 bridgehead atoms. The quantitative estimate of drug-likeness (QED) is 0.767. The maximum atomic E-state index is 12.7. The van der Waals surface area contributed by atoms with E-state index in [0.717, 1.165) is 34.3 Å². The fraction of sp³-hybridized carbons (Fsp3) is 0.188. The Morgan fingerprint density at radius 1 is 1.24 bits per heavy atom. The maximum absolute atomic E-state index is 12.7. The van der Waals surface area contributed by atoms with E-state index < -0.39 is 0 Å². The molecule has 0 spiro atoms. The largest absolute Gasteiger partial charge is 0.399 e. The van der Waals surface area contributed by atoms with Crippen LogP contribution in [0.1, 0.15) is 22.3 Å². The molecule has 1 heterocycles. The SMILES string of the molecule is Nc1ccc2c(c1)CCCN2C(=O)c1ccc(Br)c(Cl)c1. The zero-order valence-corrected chi connectivity index (χ0v) is 13.6. The molecule has 108 valence electrons. The molecule has 0 atom stereocenters. The number of hydrogen-bond acceptors (Lipinski definition) is 2. The molecule has 2 aromatic carbocycles. The minimum absolute atomic E-state index is 0.0323. The second-order valence-electron chi connectivity index (χ2n) is 5.08. The van der Waals surface area contributed by atoms with Gasteiger partial charge in [-0.3, -0.25) is 4.79 Å². The predicted octanol–water partition coefficient (Wildman–Crippen LogP) is 4.28.